The van der Waals surface area contributed by atoms with E-state index in [4.69, 9.17) is 0 Å². The molecule has 1 unspecified atom stereocenters. The highest BCUT2D eigenvalue weighted by Crippen LogP contribution is 2.41. The number of nitrogens with zero attached hydrogens (tertiary/aromatic N) is 2. The Hall–Kier alpha value is -1.96. The molecule has 0 saturated carbocycles. The summed E-state index contributed by atoms with van der Waals surface area (Å²) in [4.78, 5) is 12.2. The van der Waals surface area contributed by atoms with Crippen molar-refractivity contribution >= 4 is 11.6 Å². The van der Waals surface area contributed by atoms with Gasteiger partial charge >= 0.3 is 6.18 Å². The van der Waals surface area contributed by atoms with Crippen LogP contribution in [0, 0.1) is 11.7 Å². The maximum atomic E-state index is 13.2. The lowest BCUT2D eigenvalue weighted by molar-refractivity contribution is -0.297. The molecule has 1 atom stereocenters. The molecule has 1 aliphatic heterocycles. The van der Waals surface area contributed by atoms with Gasteiger partial charge in [0, 0.05) is 17.7 Å². The molecule has 0 fully saturated rings. The molecular weight excluding hydrogens is 304 g/mol. The van der Waals surface area contributed by atoms with Crippen LogP contribution in [0.5, 0.6) is 0 Å². The summed E-state index contributed by atoms with van der Waals surface area (Å²) in [6.45, 7) is 3.21. The molecule has 1 aromatic carbocycles. The van der Waals surface area contributed by atoms with Crippen LogP contribution in [0.25, 0.3) is 0 Å². The smallest absolute Gasteiger partial charge is 0.362 e. The van der Waals surface area contributed by atoms with Crippen molar-refractivity contribution in [3.63, 3.8) is 0 Å². The van der Waals surface area contributed by atoms with Crippen molar-refractivity contribution in [2.75, 3.05) is 0 Å². The van der Waals surface area contributed by atoms with Crippen molar-refractivity contribution in [2.45, 2.75) is 32.2 Å². The molecule has 0 spiro atoms. The zero-order valence-electron chi connectivity index (χ0n) is 11.9. The Kier molecular flexibility index (Phi) is 3.99. The Morgan fingerprint density at radius 2 is 2.05 bits per heavy atom. The van der Waals surface area contributed by atoms with Crippen LogP contribution in [0.2, 0.25) is 0 Å². The van der Waals surface area contributed by atoms with Gasteiger partial charge in [-0.1, -0.05) is 19.9 Å². The lowest BCUT2D eigenvalue weighted by Gasteiger charge is -2.32. The summed E-state index contributed by atoms with van der Waals surface area (Å²) in [6.07, 6.45) is -5.91. The summed E-state index contributed by atoms with van der Waals surface area (Å²) in [6, 6.07) is 4.20. The molecule has 0 bridgehead atoms. The number of alkyl halides is 3. The van der Waals surface area contributed by atoms with Gasteiger partial charge < -0.3 is 5.11 Å². The first kappa shape index (κ1) is 16.4. The minimum absolute atomic E-state index is 0.00287. The van der Waals surface area contributed by atoms with Crippen LogP contribution < -0.4 is 0 Å². The van der Waals surface area contributed by atoms with Crippen molar-refractivity contribution in [1.82, 2.24) is 5.01 Å². The summed E-state index contributed by atoms with van der Waals surface area (Å²) >= 11 is 0. The number of carbonyl (C=O) groups is 1. The summed E-state index contributed by atoms with van der Waals surface area (Å²) < 4.78 is 52.7. The molecule has 4 nitrogen and oxygen atoms in total. The highest BCUT2D eigenvalue weighted by molar-refractivity contribution is 5.98. The first-order valence-corrected chi connectivity index (χ1v) is 6.53. The van der Waals surface area contributed by atoms with E-state index >= 15 is 0 Å². The zero-order valence-corrected chi connectivity index (χ0v) is 11.9. The number of carbonyl (C=O) groups excluding carboxylic acids is 1. The van der Waals surface area contributed by atoms with Crippen molar-refractivity contribution < 1.29 is 27.5 Å². The summed E-state index contributed by atoms with van der Waals surface area (Å²) in [7, 11) is 0. The fourth-order valence-corrected chi connectivity index (χ4v) is 2.07. The Morgan fingerprint density at radius 1 is 1.41 bits per heavy atom. The standard InChI is InChI=1S/C14H14F4N2O2/c1-8(2)11-7-13(22,14(16,17)18)20(19-11)12(21)9-4-3-5-10(15)6-9/h3-6,8,22H,7H2,1-2H3. The Morgan fingerprint density at radius 3 is 2.55 bits per heavy atom. The Bertz CT molecular complexity index is 628. The lowest BCUT2D eigenvalue weighted by Crippen LogP contribution is -2.56. The molecular formula is C14H14F4N2O2. The minimum Gasteiger partial charge on any atom is -0.362 e. The quantitative estimate of drug-likeness (QED) is 0.853. The highest BCUT2D eigenvalue weighted by atomic mass is 19.4. The largest absolute Gasteiger partial charge is 0.438 e. The summed E-state index contributed by atoms with van der Waals surface area (Å²) in [5.74, 6) is -2.36. The van der Waals surface area contributed by atoms with Gasteiger partial charge in [-0.2, -0.15) is 23.3 Å². The Labute approximate surface area is 124 Å². The molecule has 22 heavy (non-hydrogen) atoms. The maximum Gasteiger partial charge on any atom is 0.438 e. The van der Waals surface area contributed by atoms with Crippen molar-refractivity contribution in [3.05, 3.63) is 35.6 Å². The summed E-state index contributed by atoms with van der Waals surface area (Å²) in [5, 5.41) is 13.6. The van der Waals surface area contributed by atoms with Crippen LogP contribution in [0.15, 0.2) is 29.4 Å². The summed E-state index contributed by atoms with van der Waals surface area (Å²) in [5.41, 5.74) is -3.70. The second-order valence-electron chi connectivity index (χ2n) is 5.36. The van der Waals surface area contributed by atoms with Crippen LogP contribution in [-0.2, 0) is 0 Å². The molecule has 1 heterocycles. The van der Waals surface area contributed by atoms with Crippen LogP contribution in [-0.4, -0.2) is 33.6 Å². The molecule has 1 aliphatic rings. The second-order valence-corrected chi connectivity index (χ2v) is 5.36. The number of hydrogen-bond acceptors (Lipinski definition) is 3. The molecule has 0 radical (unpaired) electrons. The first-order valence-electron chi connectivity index (χ1n) is 6.53. The predicted molar refractivity (Wildman–Crippen MR) is 70.5 cm³/mol. The molecule has 120 valence electrons. The van der Waals surface area contributed by atoms with E-state index < -0.39 is 30.0 Å². The molecule has 0 saturated heterocycles. The van der Waals surface area contributed by atoms with Gasteiger partial charge in [0.05, 0.1) is 0 Å². The van der Waals surface area contributed by atoms with E-state index in [0.717, 1.165) is 18.2 Å². The number of aliphatic hydroxyl groups is 1. The lowest BCUT2D eigenvalue weighted by atomic mass is 9.99. The minimum atomic E-state index is -5.09. The molecule has 1 N–H and O–H groups in total. The molecule has 0 aliphatic carbocycles. The van der Waals surface area contributed by atoms with Gasteiger partial charge in [0.25, 0.3) is 11.6 Å². The molecule has 1 amide bonds. The van der Waals surface area contributed by atoms with Crippen LogP contribution in [0.4, 0.5) is 17.6 Å². The van der Waals surface area contributed by atoms with E-state index in [9.17, 15) is 27.5 Å². The van der Waals surface area contributed by atoms with Crippen molar-refractivity contribution in [2.24, 2.45) is 11.0 Å². The van der Waals surface area contributed by atoms with Gasteiger partial charge in [-0.05, 0) is 24.1 Å². The average molecular weight is 318 g/mol. The topological polar surface area (TPSA) is 52.9 Å². The van der Waals surface area contributed by atoms with Gasteiger partial charge in [0.15, 0.2) is 0 Å². The van der Waals surface area contributed by atoms with E-state index in [1.54, 1.807) is 13.8 Å². The third-order valence-corrected chi connectivity index (χ3v) is 3.39. The van der Waals surface area contributed by atoms with E-state index in [2.05, 4.69) is 5.10 Å². The fourth-order valence-electron chi connectivity index (χ4n) is 2.07. The van der Waals surface area contributed by atoms with Gasteiger partial charge in [-0.25, -0.2) is 4.39 Å². The predicted octanol–water partition coefficient (Wildman–Crippen LogP) is 2.93. The molecule has 2 rings (SSSR count). The number of rotatable bonds is 2. The fraction of sp³-hybridized carbons (Fsp3) is 0.429. The number of benzene rings is 1. The number of halogens is 4. The third-order valence-electron chi connectivity index (χ3n) is 3.39. The average Bonchev–Trinajstić information content (AvgIpc) is 2.77. The number of amides is 1. The number of hydrazone groups is 1. The van der Waals surface area contributed by atoms with E-state index in [0.29, 0.717) is 0 Å². The number of hydrogen-bond donors (Lipinski definition) is 1. The monoisotopic (exact) mass is 318 g/mol. The first-order chi connectivity index (χ1) is 10.1. The highest BCUT2D eigenvalue weighted by Gasteiger charge is 2.63. The van der Waals surface area contributed by atoms with E-state index in [-0.39, 0.29) is 22.2 Å². The van der Waals surface area contributed by atoms with E-state index in [1.807, 2.05) is 0 Å². The van der Waals surface area contributed by atoms with Gasteiger partial charge in [0.2, 0.25) is 0 Å². The van der Waals surface area contributed by atoms with Gasteiger partial charge in [-0.3, -0.25) is 4.79 Å². The van der Waals surface area contributed by atoms with Gasteiger partial charge in [-0.15, -0.1) is 0 Å². The maximum absolute atomic E-state index is 13.2. The Balaban J connectivity index is 2.46. The van der Waals surface area contributed by atoms with Crippen molar-refractivity contribution in [3.8, 4) is 0 Å². The SMILES string of the molecule is CC(C)C1=NN(C(=O)c2cccc(F)c2)C(O)(C(F)(F)F)C1. The molecule has 1 aromatic rings. The second kappa shape index (κ2) is 5.35. The third kappa shape index (κ3) is 2.70. The van der Waals surface area contributed by atoms with Gasteiger partial charge in [0.1, 0.15) is 5.82 Å². The molecule has 0 aromatic heterocycles. The normalized spacial score (nSPS) is 22.2. The zero-order chi connectivity index (χ0) is 16.7. The van der Waals surface area contributed by atoms with E-state index in [1.165, 1.54) is 6.07 Å². The van der Waals surface area contributed by atoms with Crippen LogP contribution >= 0.6 is 0 Å². The molecule has 8 heteroatoms. The van der Waals surface area contributed by atoms with Crippen LogP contribution in [0.3, 0.4) is 0 Å². The van der Waals surface area contributed by atoms with Crippen LogP contribution in [0.1, 0.15) is 30.6 Å². The van der Waals surface area contributed by atoms with Crippen molar-refractivity contribution in [1.29, 1.82) is 0 Å².